The van der Waals surface area contributed by atoms with Crippen LogP contribution in [0.5, 0.6) is 0 Å². The lowest BCUT2D eigenvalue weighted by atomic mass is 10.1. The molecule has 0 aromatic carbocycles. The topological polar surface area (TPSA) is 41.0 Å². The molecule has 1 saturated heterocycles. The van der Waals surface area contributed by atoms with Crippen molar-refractivity contribution in [3.8, 4) is 0 Å². The van der Waals surface area contributed by atoms with E-state index >= 15 is 0 Å². The lowest BCUT2D eigenvalue weighted by Gasteiger charge is -2.21. The summed E-state index contributed by atoms with van der Waals surface area (Å²) >= 11 is 0. The standard InChI is InChI=1S/C12H20N4/c1-9-6-10(2)16(8-9)12-5-4-11(7-13-3)14-15-12/h4-5,9-10,13H,6-8H2,1-3H3. The molecule has 0 spiro atoms. The van der Waals surface area contributed by atoms with Crippen molar-refractivity contribution in [1.82, 2.24) is 15.5 Å². The van der Waals surface area contributed by atoms with Gasteiger partial charge in [-0.1, -0.05) is 6.92 Å². The van der Waals surface area contributed by atoms with Crippen molar-refractivity contribution in [2.45, 2.75) is 32.9 Å². The fourth-order valence-corrected chi connectivity index (χ4v) is 2.40. The van der Waals surface area contributed by atoms with E-state index in [1.54, 1.807) is 0 Å². The third-order valence-electron chi connectivity index (χ3n) is 3.14. The highest BCUT2D eigenvalue weighted by Gasteiger charge is 2.27. The molecule has 4 nitrogen and oxygen atoms in total. The largest absolute Gasteiger partial charge is 0.352 e. The van der Waals surface area contributed by atoms with Crippen molar-refractivity contribution in [2.75, 3.05) is 18.5 Å². The van der Waals surface area contributed by atoms with Gasteiger partial charge in [0.15, 0.2) is 5.82 Å². The Morgan fingerprint density at radius 2 is 2.19 bits per heavy atom. The molecular weight excluding hydrogens is 200 g/mol. The molecule has 1 aliphatic heterocycles. The van der Waals surface area contributed by atoms with Crippen molar-refractivity contribution in [3.63, 3.8) is 0 Å². The van der Waals surface area contributed by atoms with E-state index in [0.29, 0.717) is 6.04 Å². The molecule has 0 amide bonds. The van der Waals surface area contributed by atoms with Crippen LogP contribution in [0, 0.1) is 5.92 Å². The van der Waals surface area contributed by atoms with Gasteiger partial charge in [-0.05, 0) is 38.4 Å². The van der Waals surface area contributed by atoms with E-state index in [2.05, 4.69) is 46.4 Å². The van der Waals surface area contributed by atoms with E-state index < -0.39 is 0 Å². The molecule has 2 heterocycles. The molecule has 88 valence electrons. The maximum atomic E-state index is 4.30. The summed E-state index contributed by atoms with van der Waals surface area (Å²) in [5.41, 5.74) is 0.992. The minimum Gasteiger partial charge on any atom is -0.352 e. The van der Waals surface area contributed by atoms with Gasteiger partial charge in [0.2, 0.25) is 0 Å². The van der Waals surface area contributed by atoms with Crippen molar-refractivity contribution in [1.29, 1.82) is 0 Å². The van der Waals surface area contributed by atoms with Gasteiger partial charge in [-0.2, -0.15) is 5.10 Å². The highest BCUT2D eigenvalue weighted by atomic mass is 15.3. The Balaban J connectivity index is 2.09. The Morgan fingerprint density at radius 1 is 1.38 bits per heavy atom. The number of nitrogens with one attached hydrogen (secondary N) is 1. The first-order chi connectivity index (χ1) is 7.70. The molecule has 0 bridgehead atoms. The molecular formula is C12H20N4. The van der Waals surface area contributed by atoms with Gasteiger partial charge in [-0.3, -0.25) is 0 Å². The SMILES string of the molecule is CNCc1ccc(N2CC(C)CC2C)nn1. The second-order valence-electron chi connectivity index (χ2n) is 4.76. The van der Waals surface area contributed by atoms with E-state index in [9.17, 15) is 0 Å². The van der Waals surface area contributed by atoms with E-state index in [1.807, 2.05) is 7.05 Å². The Labute approximate surface area is 97.1 Å². The number of anilines is 1. The van der Waals surface area contributed by atoms with Crippen LogP contribution in [0.1, 0.15) is 26.0 Å². The smallest absolute Gasteiger partial charge is 0.151 e. The maximum Gasteiger partial charge on any atom is 0.151 e. The first kappa shape index (κ1) is 11.3. The first-order valence-electron chi connectivity index (χ1n) is 5.94. The van der Waals surface area contributed by atoms with Crippen LogP contribution in [-0.4, -0.2) is 29.8 Å². The molecule has 0 radical (unpaired) electrons. The Kier molecular flexibility index (Phi) is 3.39. The van der Waals surface area contributed by atoms with E-state index in [4.69, 9.17) is 0 Å². The van der Waals surface area contributed by atoms with Crippen LogP contribution < -0.4 is 10.2 Å². The maximum absolute atomic E-state index is 4.30. The summed E-state index contributed by atoms with van der Waals surface area (Å²) in [4.78, 5) is 2.35. The Bertz CT molecular complexity index is 335. The van der Waals surface area contributed by atoms with Crippen LogP contribution in [0.4, 0.5) is 5.82 Å². The average Bonchev–Trinajstić information content (AvgIpc) is 2.59. The lowest BCUT2D eigenvalue weighted by Crippen LogP contribution is -2.28. The van der Waals surface area contributed by atoms with Gasteiger partial charge in [0.25, 0.3) is 0 Å². The van der Waals surface area contributed by atoms with Crippen LogP contribution >= 0.6 is 0 Å². The summed E-state index contributed by atoms with van der Waals surface area (Å²) in [6.07, 6.45) is 1.25. The molecule has 0 aliphatic carbocycles. The number of hydrogen-bond donors (Lipinski definition) is 1. The second-order valence-corrected chi connectivity index (χ2v) is 4.76. The molecule has 0 saturated carbocycles. The summed E-state index contributed by atoms with van der Waals surface area (Å²) in [7, 11) is 1.92. The van der Waals surface area contributed by atoms with Gasteiger partial charge in [-0.25, -0.2) is 0 Å². The summed E-state index contributed by atoms with van der Waals surface area (Å²) in [5, 5.41) is 11.6. The van der Waals surface area contributed by atoms with Gasteiger partial charge >= 0.3 is 0 Å². The zero-order valence-corrected chi connectivity index (χ0v) is 10.3. The monoisotopic (exact) mass is 220 g/mol. The molecule has 4 heteroatoms. The zero-order valence-electron chi connectivity index (χ0n) is 10.3. The predicted molar refractivity (Wildman–Crippen MR) is 65.4 cm³/mol. The summed E-state index contributed by atoms with van der Waals surface area (Å²) in [6.45, 7) is 6.42. The van der Waals surface area contributed by atoms with Crippen LogP contribution in [0.2, 0.25) is 0 Å². The summed E-state index contributed by atoms with van der Waals surface area (Å²) in [6, 6.07) is 4.71. The zero-order chi connectivity index (χ0) is 11.5. The van der Waals surface area contributed by atoms with Crippen molar-refractivity contribution >= 4 is 5.82 Å². The van der Waals surface area contributed by atoms with Crippen LogP contribution in [-0.2, 0) is 6.54 Å². The Morgan fingerprint density at radius 3 is 2.69 bits per heavy atom. The molecule has 1 N–H and O–H groups in total. The summed E-state index contributed by atoms with van der Waals surface area (Å²) in [5.74, 6) is 1.77. The van der Waals surface area contributed by atoms with Crippen molar-refractivity contribution < 1.29 is 0 Å². The van der Waals surface area contributed by atoms with Crippen LogP contribution in [0.3, 0.4) is 0 Å². The molecule has 2 unspecified atom stereocenters. The first-order valence-corrected chi connectivity index (χ1v) is 5.94. The van der Waals surface area contributed by atoms with Crippen molar-refractivity contribution in [2.24, 2.45) is 5.92 Å². The number of nitrogens with zero attached hydrogens (tertiary/aromatic N) is 3. The fraction of sp³-hybridized carbons (Fsp3) is 0.667. The minimum atomic E-state index is 0.583. The highest BCUT2D eigenvalue weighted by Crippen LogP contribution is 2.26. The Hall–Kier alpha value is -1.16. The molecule has 2 rings (SSSR count). The lowest BCUT2D eigenvalue weighted by molar-refractivity contribution is 0.625. The van der Waals surface area contributed by atoms with E-state index in [0.717, 1.165) is 30.5 Å². The second kappa shape index (κ2) is 4.78. The van der Waals surface area contributed by atoms with Gasteiger partial charge in [0.05, 0.1) is 5.69 Å². The normalized spacial score (nSPS) is 25.1. The number of aromatic nitrogens is 2. The van der Waals surface area contributed by atoms with Crippen molar-refractivity contribution in [3.05, 3.63) is 17.8 Å². The van der Waals surface area contributed by atoms with E-state index in [-0.39, 0.29) is 0 Å². The van der Waals surface area contributed by atoms with Gasteiger partial charge < -0.3 is 10.2 Å². The number of hydrogen-bond acceptors (Lipinski definition) is 4. The van der Waals surface area contributed by atoms with Gasteiger partial charge in [0.1, 0.15) is 0 Å². The fourth-order valence-electron chi connectivity index (χ4n) is 2.40. The molecule has 2 atom stereocenters. The predicted octanol–water partition coefficient (Wildman–Crippen LogP) is 1.43. The molecule has 16 heavy (non-hydrogen) atoms. The van der Waals surface area contributed by atoms with Crippen LogP contribution in [0.25, 0.3) is 0 Å². The molecule has 1 aromatic rings. The highest BCUT2D eigenvalue weighted by molar-refractivity contribution is 5.40. The average molecular weight is 220 g/mol. The van der Waals surface area contributed by atoms with E-state index in [1.165, 1.54) is 6.42 Å². The van der Waals surface area contributed by atoms with Gasteiger partial charge in [-0.15, -0.1) is 5.10 Å². The third-order valence-corrected chi connectivity index (χ3v) is 3.14. The van der Waals surface area contributed by atoms with Crippen LogP contribution in [0.15, 0.2) is 12.1 Å². The molecule has 1 aliphatic rings. The molecule has 1 aromatic heterocycles. The van der Waals surface area contributed by atoms with Gasteiger partial charge in [0, 0.05) is 19.1 Å². The number of rotatable bonds is 3. The third kappa shape index (κ3) is 2.32. The molecule has 1 fully saturated rings. The quantitative estimate of drug-likeness (QED) is 0.836. The minimum absolute atomic E-state index is 0.583. The summed E-state index contributed by atoms with van der Waals surface area (Å²) < 4.78 is 0.